The van der Waals surface area contributed by atoms with E-state index in [1.54, 1.807) is 34.6 Å². The average Bonchev–Trinajstić information content (AvgIpc) is 3.14. The zero-order chi connectivity index (χ0) is 21.2. The van der Waals surface area contributed by atoms with Gasteiger partial charge in [0.25, 0.3) is 5.91 Å². The number of carbonyl (C=O) groups excluding carboxylic acids is 1. The molecule has 1 aromatic heterocycles. The molecule has 1 amide bonds. The van der Waals surface area contributed by atoms with Crippen LogP contribution in [0.5, 0.6) is 0 Å². The maximum atomic E-state index is 13.1. The number of hydrogen-bond acceptors (Lipinski definition) is 9. The first-order valence-electron chi connectivity index (χ1n) is 8.83. The van der Waals surface area contributed by atoms with Crippen molar-refractivity contribution in [1.29, 1.82) is 0 Å². The molecule has 12 heteroatoms. The molecule has 0 saturated carbocycles. The van der Waals surface area contributed by atoms with Gasteiger partial charge in [-0.15, -0.1) is 5.10 Å². The second-order valence-corrected chi connectivity index (χ2v) is 9.12. The number of hydrogen-bond donors (Lipinski definition) is 3. The van der Waals surface area contributed by atoms with Gasteiger partial charge in [-0.25, -0.2) is 9.67 Å². The highest BCUT2D eigenvalue weighted by molar-refractivity contribution is 7.58. The Kier molecular flexibility index (Phi) is 7.13. The van der Waals surface area contributed by atoms with Crippen LogP contribution in [0.15, 0.2) is 17.7 Å². The van der Waals surface area contributed by atoms with Gasteiger partial charge in [-0.2, -0.15) is 0 Å². The fourth-order valence-electron chi connectivity index (χ4n) is 2.63. The number of rotatable bonds is 8. The highest BCUT2D eigenvalue weighted by Gasteiger charge is 2.44. The van der Waals surface area contributed by atoms with E-state index in [0.29, 0.717) is 0 Å². The first-order valence-corrected chi connectivity index (χ1v) is 10.4. The smallest absolute Gasteiger partial charge is 0.357 e. The van der Waals surface area contributed by atoms with Gasteiger partial charge in [0.1, 0.15) is 24.6 Å². The summed E-state index contributed by atoms with van der Waals surface area (Å²) in [5.41, 5.74) is 5.11. The Bertz CT molecular complexity index is 765. The Balaban J connectivity index is 2.25. The second kappa shape index (κ2) is 8.81. The summed E-state index contributed by atoms with van der Waals surface area (Å²) in [5, 5.41) is 24.7. The summed E-state index contributed by atoms with van der Waals surface area (Å²) in [6, 6.07) is 0. The summed E-state index contributed by atoms with van der Waals surface area (Å²) >= 11 is 0. The van der Waals surface area contributed by atoms with E-state index in [-0.39, 0.29) is 23.3 Å². The lowest BCUT2D eigenvalue weighted by atomic mass is 10.1. The number of primary amides is 1. The van der Waals surface area contributed by atoms with Crippen molar-refractivity contribution in [3.63, 3.8) is 0 Å². The molecule has 0 aliphatic carbocycles. The molecule has 11 nitrogen and oxygen atoms in total. The molecule has 28 heavy (non-hydrogen) atoms. The number of aromatic nitrogens is 3. The molecule has 0 bridgehead atoms. The lowest BCUT2D eigenvalue weighted by molar-refractivity contribution is -0.0347. The van der Waals surface area contributed by atoms with Gasteiger partial charge in [0.2, 0.25) is 5.82 Å². The first-order chi connectivity index (χ1) is 12.9. The van der Waals surface area contributed by atoms with E-state index in [2.05, 4.69) is 10.1 Å². The standard InChI is InChI=1S/C16H27N4O7P/c1-8(2)26-28(24,27-9(3)4)10(5)6-11-12(21)13(22)16(25-11)20-7-18-15(19-20)14(17)23/h6-9,11-13,16,21-22H,1-5H3,(H2,17,23)/b10-6+/t11?,12-,13-,16?/m1/s1. The van der Waals surface area contributed by atoms with E-state index in [1.807, 2.05) is 0 Å². The van der Waals surface area contributed by atoms with Crippen LogP contribution in [0.4, 0.5) is 0 Å². The predicted molar refractivity (Wildman–Crippen MR) is 98.3 cm³/mol. The average molecular weight is 418 g/mol. The van der Waals surface area contributed by atoms with Crippen LogP contribution < -0.4 is 5.73 Å². The fourth-order valence-corrected chi connectivity index (χ4v) is 4.45. The molecule has 1 aliphatic heterocycles. The Morgan fingerprint density at radius 1 is 1.29 bits per heavy atom. The van der Waals surface area contributed by atoms with Crippen LogP contribution in [0.25, 0.3) is 0 Å². The van der Waals surface area contributed by atoms with Crippen LogP contribution in [-0.2, 0) is 18.3 Å². The van der Waals surface area contributed by atoms with Crippen molar-refractivity contribution in [2.24, 2.45) is 5.73 Å². The molecule has 0 radical (unpaired) electrons. The number of ether oxygens (including phenoxy) is 1. The number of nitrogens with zero attached hydrogens (tertiary/aromatic N) is 3. The van der Waals surface area contributed by atoms with Crippen molar-refractivity contribution in [2.75, 3.05) is 0 Å². The zero-order valence-corrected chi connectivity index (χ0v) is 17.3. The van der Waals surface area contributed by atoms with Crippen LogP contribution >= 0.6 is 7.60 Å². The Morgan fingerprint density at radius 2 is 1.86 bits per heavy atom. The summed E-state index contributed by atoms with van der Waals surface area (Å²) in [6.45, 7) is 8.45. The van der Waals surface area contributed by atoms with E-state index in [0.717, 1.165) is 11.0 Å². The van der Waals surface area contributed by atoms with Crippen molar-refractivity contribution >= 4 is 13.5 Å². The maximum Gasteiger partial charge on any atom is 0.357 e. The molecule has 0 spiro atoms. The Hall–Kier alpha value is -1.62. The van der Waals surface area contributed by atoms with Gasteiger partial charge in [0.05, 0.1) is 12.2 Å². The van der Waals surface area contributed by atoms with E-state index < -0.39 is 38.0 Å². The van der Waals surface area contributed by atoms with Crippen molar-refractivity contribution < 1.29 is 33.4 Å². The van der Waals surface area contributed by atoms with E-state index in [9.17, 15) is 19.6 Å². The molecule has 0 aromatic carbocycles. The van der Waals surface area contributed by atoms with Crippen molar-refractivity contribution in [1.82, 2.24) is 14.8 Å². The second-order valence-electron chi connectivity index (χ2n) is 7.00. The third-order valence-electron chi connectivity index (χ3n) is 3.80. The van der Waals surface area contributed by atoms with Crippen LogP contribution in [0.2, 0.25) is 0 Å². The number of carbonyl (C=O) groups is 1. The minimum absolute atomic E-state index is 0.239. The SMILES string of the molecule is C/C(=C\C1OC(n2cnc(C(N)=O)n2)[C@H](O)[C@@H]1O)P(=O)(OC(C)C)OC(C)C. The minimum atomic E-state index is -3.63. The number of amides is 1. The topological polar surface area (TPSA) is 159 Å². The number of nitrogens with two attached hydrogens (primary N) is 1. The zero-order valence-electron chi connectivity index (χ0n) is 16.4. The summed E-state index contributed by atoms with van der Waals surface area (Å²) in [5.74, 6) is -1.09. The molecule has 1 aliphatic rings. The monoisotopic (exact) mass is 418 g/mol. The normalized spacial score (nSPS) is 26.4. The van der Waals surface area contributed by atoms with E-state index >= 15 is 0 Å². The third kappa shape index (κ3) is 5.05. The van der Waals surface area contributed by atoms with Crippen molar-refractivity contribution in [2.45, 2.75) is 71.4 Å². The molecular weight excluding hydrogens is 391 g/mol. The van der Waals surface area contributed by atoms with Gasteiger partial charge in [0.15, 0.2) is 6.23 Å². The molecule has 1 saturated heterocycles. The third-order valence-corrected chi connectivity index (χ3v) is 6.21. The largest absolute Gasteiger partial charge is 0.387 e. The van der Waals surface area contributed by atoms with Gasteiger partial charge < -0.3 is 29.7 Å². The summed E-state index contributed by atoms with van der Waals surface area (Å²) < 4.78 is 30.9. The Morgan fingerprint density at radius 3 is 2.32 bits per heavy atom. The van der Waals surface area contributed by atoms with Crippen molar-refractivity contribution in [3.05, 3.63) is 23.5 Å². The van der Waals surface area contributed by atoms with E-state index in [4.69, 9.17) is 19.5 Å². The lowest BCUT2D eigenvalue weighted by Crippen LogP contribution is -2.31. The maximum absolute atomic E-state index is 13.1. The van der Waals surface area contributed by atoms with Gasteiger partial charge in [-0.05, 0) is 40.7 Å². The number of aliphatic hydroxyl groups excluding tert-OH is 2. The van der Waals surface area contributed by atoms with Crippen LogP contribution in [0.1, 0.15) is 51.5 Å². The number of allylic oxidation sites excluding steroid dienone is 1. The van der Waals surface area contributed by atoms with Crippen LogP contribution in [0.3, 0.4) is 0 Å². The van der Waals surface area contributed by atoms with Crippen LogP contribution in [0, 0.1) is 0 Å². The fraction of sp³-hybridized carbons (Fsp3) is 0.688. The van der Waals surface area contributed by atoms with Crippen molar-refractivity contribution in [3.8, 4) is 0 Å². The molecular formula is C16H27N4O7P. The van der Waals surface area contributed by atoms with Crippen LogP contribution in [-0.4, -0.2) is 61.4 Å². The Labute approximate surface area is 163 Å². The summed E-state index contributed by atoms with van der Waals surface area (Å²) in [4.78, 5) is 14.8. The quantitative estimate of drug-likeness (QED) is 0.522. The first kappa shape index (κ1) is 22.7. The van der Waals surface area contributed by atoms with Gasteiger partial charge in [-0.1, -0.05) is 0 Å². The molecule has 158 valence electrons. The van der Waals surface area contributed by atoms with Gasteiger partial charge >= 0.3 is 7.60 Å². The summed E-state index contributed by atoms with van der Waals surface area (Å²) in [6.07, 6.45) is -2.99. The molecule has 4 atom stereocenters. The van der Waals surface area contributed by atoms with Gasteiger partial charge in [-0.3, -0.25) is 9.36 Å². The molecule has 2 unspecified atom stereocenters. The predicted octanol–water partition coefficient (Wildman–Crippen LogP) is 0.943. The minimum Gasteiger partial charge on any atom is -0.387 e. The highest BCUT2D eigenvalue weighted by Crippen LogP contribution is 2.58. The van der Waals surface area contributed by atoms with E-state index in [1.165, 1.54) is 6.08 Å². The molecule has 2 heterocycles. The molecule has 4 N–H and O–H groups in total. The molecule has 1 aromatic rings. The van der Waals surface area contributed by atoms with Gasteiger partial charge in [0, 0.05) is 5.31 Å². The number of aliphatic hydroxyl groups is 2. The molecule has 1 fully saturated rings. The molecule has 2 rings (SSSR count). The lowest BCUT2D eigenvalue weighted by Gasteiger charge is -2.24. The highest BCUT2D eigenvalue weighted by atomic mass is 31.2. The summed E-state index contributed by atoms with van der Waals surface area (Å²) in [7, 11) is -3.63.